The first-order valence-corrected chi connectivity index (χ1v) is 6.17. The molecule has 0 bridgehead atoms. The zero-order valence-corrected chi connectivity index (χ0v) is 10.5. The van der Waals surface area contributed by atoms with Gasteiger partial charge in [-0.2, -0.15) is 4.98 Å². The van der Waals surface area contributed by atoms with Crippen LogP contribution in [0, 0.1) is 0 Å². The maximum atomic E-state index is 8.68. The van der Waals surface area contributed by atoms with Crippen molar-refractivity contribution >= 4 is 5.82 Å². The van der Waals surface area contributed by atoms with Crippen molar-refractivity contribution in [3.8, 4) is 5.88 Å². The van der Waals surface area contributed by atoms with E-state index in [2.05, 4.69) is 15.3 Å². The summed E-state index contributed by atoms with van der Waals surface area (Å²) in [6.07, 6.45) is 6.67. The van der Waals surface area contributed by atoms with E-state index in [1.807, 2.05) is 0 Å². The van der Waals surface area contributed by atoms with Crippen LogP contribution in [0.4, 0.5) is 5.82 Å². The first-order chi connectivity index (χ1) is 8.81. The van der Waals surface area contributed by atoms with E-state index in [9.17, 15) is 0 Å². The molecule has 0 aliphatic heterocycles. The second-order valence-corrected chi connectivity index (χ2v) is 4.33. The average molecular weight is 253 g/mol. The minimum absolute atomic E-state index is 0.0303. The predicted molar refractivity (Wildman–Crippen MR) is 66.7 cm³/mol. The Morgan fingerprint density at radius 3 is 3.06 bits per heavy atom. The first kappa shape index (κ1) is 13.0. The van der Waals surface area contributed by atoms with Gasteiger partial charge in [0.2, 0.25) is 5.88 Å². The van der Waals surface area contributed by atoms with Crippen LogP contribution in [-0.2, 0) is 4.74 Å². The van der Waals surface area contributed by atoms with Gasteiger partial charge in [0.25, 0.3) is 0 Å². The van der Waals surface area contributed by atoms with Crippen LogP contribution in [0.2, 0.25) is 0 Å². The van der Waals surface area contributed by atoms with Crippen molar-refractivity contribution in [1.82, 2.24) is 9.97 Å². The summed E-state index contributed by atoms with van der Waals surface area (Å²) >= 11 is 0. The minimum atomic E-state index is -0.0303. The third-order valence-corrected chi connectivity index (χ3v) is 3.02. The highest BCUT2D eigenvalue weighted by Crippen LogP contribution is 2.24. The average Bonchev–Trinajstić information content (AvgIpc) is 2.84. The summed E-state index contributed by atoms with van der Waals surface area (Å²) in [7, 11) is 1.75. The van der Waals surface area contributed by atoms with Crippen LogP contribution < -0.4 is 10.1 Å². The van der Waals surface area contributed by atoms with Crippen LogP contribution in [0.1, 0.15) is 19.3 Å². The van der Waals surface area contributed by atoms with Gasteiger partial charge in [-0.15, -0.1) is 0 Å². The van der Waals surface area contributed by atoms with Crippen molar-refractivity contribution in [3.63, 3.8) is 0 Å². The number of methoxy groups -OCH3 is 1. The Bertz CT molecular complexity index is 375. The van der Waals surface area contributed by atoms with Crippen molar-refractivity contribution in [1.29, 1.82) is 0 Å². The van der Waals surface area contributed by atoms with Gasteiger partial charge in [-0.05, 0) is 19.3 Å². The van der Waals surface area contributed by atoms with Gasteiger partial charge in [0.1, 0.15) is 12.4 Å². The van der Waals surface area contributed by atoms with Crippen LogP contribution in [0.5, 0.6) is 5.88 Å². The number of nitrogens with zero attached hydrogens (tertiary/aromatic N) is 2. The molecule has 2 atom stereocenters. The topological polar surface area (TPSA) is 76.5 Å². The molecule has 2 rings (SSSR count). The molecule has 0 amide bonds. The number of hydrogen-bond donors (Lipinski definition) is 2. The Labute approximate surface area is 106 Å². The maximum absolute atomic E-state index is 8.68. The van der Waals surface area contributed by atoms with E-state index >= 15 is 0 Å². The number of aromatic nitrogens is 2. The standard InChI is InChI=1S/C12H19N3O3/c1-17-10-3-2-9(6-10)14-11-7-13-8-12(15-11)18-5-4-16/h7-10,16H,2-6H2,1H3,(H,14,15). The second kappa shape index (κ2) is 6.51. The summed E-state index contributed by atoms with van der Waals surface area (Å²) < 4.78 is 10.5. The number of rotatable bonds is 6. The molecule has 1 fully saturated rings. The summed E-state index contributed by atoms with van der Waals surface area (Å²) in [6, 6.07) is 0.373. The highest BCUT2D eigenvalue weighted by molar-refractivity contribution is 5.34. The molecule has 1 aliphatic carbocycles. The van der Waals surface area contributed by atoms with E-state index in [-0.39, 0.29) is 13.2 Å². The number of ether oxygens (including phenoxy) is 2. The molecular formula is C12H19N3O3. The van der Waals surface area contributed by atoms with Crippen LogP contribution in [-0.4, -0.2) is 47.5 Å². The van der Waals surface area contributed by atoms with Gasteiger partial charge in [0.05, 0.1) is 25.1 Å². The first-order valence-electron chi connectivity index (χ1n) is 6.17. The second-order valence-electron chi connectivity index (χ2n) is 4.33. The van der Waals surface area contributed by atoms with Gasteiger partial charge >= 0.3 is 0 Å². The van der Waals surface area contributed by atoms with Crippen molar-refractivity contribution in [3.05, 3.63) is 12.4 Å². The van der Waals surface area contributed by atoms with E-state index in [1.165, 1.54) is 6.20 Å². The molecule has 6 nitrogen and oxygen atoms in total. The Hall–Kier alpha value is -1.40. The molecule has 0 radical (unpaired) electrons. The molecule has 0 aromatic carbocycles. The Morgan fingerprint density at radius 1 is 1.44 bits per heavy atom. The predicted octanol–water partition coefficient (Wildman–Crippen LogP) is 0.827. The van der Waals surface area contributed by atoms with Gasteiger partial charge in [-0.3, -0.25) is 4.98 Å². The molecule has 1 aliphatic rings. The number of nitrogens with one attached hydrogen (secondary N) is 1. The number of anilines is 1. The van der Waals surface area contributed by atoms with E-state index < -0.39 is 0 Å². The molecule has 100 valence electrons. The summed E-state index contributed by atoms with van der Waals surface area (Å²) in [5.41, 5.74) is 0. The van der Waals surface area contributed by atoms with Crippen LogP contribution in [0.15, 0.2) is 12.4 Å². The van der Waals surface area contributed by atoms with E-state index in [1.54, 1.807) is 13.3 Å². The largest absolute Gasteiger partial charge is 0.474 e. The Morgan fingerprint density at radius 2 is 2.33 bits per heavy atom. The smallest absolute Gasteiger partial charge is 0.234 e. The lowest BCUT2D eigenvalue weighted by molar-refractivity contribution is 0.108. The molecule has 1 heterocycles. The fraction of sp³-hybridized carbons (Fsp3) is 0.667. The third kappa shape index (κ3) is 3.54. The summed E-state index contributed by atoms with van der Waals surface area (Å²) in [5, 5.41) is 12.0. The number of hydrogen-bond acceptors (Lipinski definition) is 6. The minimum Gasteiger partial charge on any atom is -0.474 e. The molecule has 1 saturated carbocycles. The lowest BCUT2D eigenvalue weighted by Crippen LogP contribution is -2.18. The molecule has 6 heteroatoms. The molecule has 18 heavy (non-hydrogen) atoms. The van der Waals surface area contributed by atoms with Crippen molar-refractivity contribution in [2.24, 2.45) is 0 Å². The van der Waals surface area contributed by atoms with Crippen LogP contribution in [0.3, 0.4) is 0 Å². The summed E-state index contributed by atoms with van der Waals surface area (Å²) in [5.74, 6) is 1.13. The lowest BCUT2D eigenvalue weighted by atomic mass is 10.2. The third-order valence-electron chi connectivity index (χ3n) is 3.02. The Balaban J connectivity index is 1.89. The van der Waals surface area contributed by atoms with Crippen molar-refractivity contribution < 1.29 is 14.6 Å². The van der Waals surface area contributed by atoms with Crippen LogP contribution >= 0.6 is 0 Å². The molecule has 1 aromatic rings. The molecule has 0 saturated heterocycles. The van der Waals surface area contributed by atoms with Crippen LogP contribution in [0.25, 0.3) is 0 Å². The van der Waals surface area contributed by atoms with Gasteiger partial charge in [-0.1, -0.05) is 0 Å². The van der Waals surface area contributed by atoms with E-state index in [0.717, 1.165) is 19.3 Å². The normalized spacial score (nSPS) is 23.0. The summed E-state index contributed by atoms with van der Waals surface area (Å²) in [6.45, 7) is 0.199. The molecular weight excluding hydrogens is 234 g/mol. The highest BCUT2D eigenvalue weighted by Gasteiger charge is 2.24. The number of aliphatic hydroxyl groups is 1. The highest BCUT2D eigenvalue weighted by atomic mass is 16.5. The molecule has 1 aromatic heterocycles. The SMILES string of the molecule is COC1CCC(Nc2cncc(OCCO)n2)C1. The lowest BCUT2D eigenvalue weighted by Gasteiger charge is -2.13. The van der Waals surface area contributed by atoms with E-state index in [0.29, 0.717) is 23.8 Å². The Kier molecular flexibility index (Phi) is 4.72. The maximum Gasteiger partial charge on any atom is 0.234 e. The van der Waals surface area contributed by atoms with E-state index in [4.69, 9.17) is 14.6 Å². The van der Waals surface area contributed by atoms with Gasteiger partial charge in [0.15, 0.2) is 0 Å². The molecule has 2 N–H and O–H groups in total. The van der Waals surface area contributed by atoms with Gasteiger partial charge in [0, 0.05) is 13.2 Å². The van der Waals surface area contributed by atoms with Crippen molar-refractivity contribution in [2.75, 3.05) is 25.6 Å². The number of aliphatic hydroxyl groups excluding tert-OH is 1. The zero-order chi connectivity index (χ0) is 12.8. The van der Waals surface area contributed by atoms with Gasteiger partial charge < -0.3 is 19.9 Å². The fourth-order valence-corrected chi connectivity index (χ4v) is 2.13. The molecule has 0 spiro atoms. The summed E-state index contributed by atoms with van der Waals surface area (Å²) in [4.78, 5) is 8.33. The van der Waals surface area contributed by atoms with Crippen molar-refractivity contribution in [2.45, 2.75) is 31.4 Å². The fourth-order valence-electron chi connectivity index (χ4n) is 2.13. The monoisotopic (exact) mass is 253 g/mol. The van der Waals surface area contributed by atoms with Gasteiger partial charge in [-0.25, -0.2) is 0 Å². The quantitative estimate of drug-likeness (QED) is 0.782. The zero-order valence-electron chi connectivity index (χ0n) is 10.5. The molecule has 2 unspecified atom stereocenters.